The second-order valence-electron chi connectivity index (χ2n) is 6.02. The van der Waals surface area contributed by atoms with E-state index in [1.54, 1.807) is 0 Å². The van der Waals surface area contributed by atoms with Crippen molar-refractivity contribution in [3.05, 3.63) is 53.5 Å². The van der Waals surface area contributed by atoms with Crippen LogP contribution in [0.15, 0.2) is 36.5 Å². The van der Waals surface area contributed by atoms with Crippen LogP contribution in [0.1, 0.15) is 23.1 Å². The maximum Gasteiger partial charge on any atom is 0.137 e. The van der Waals surface area contributed by atoms with Gasteiger partial charge in [0, 0.05) is 18.8 Å². The molecule has 0 bridgehead atoms. The van der Waals surface area contributed by atoms with E-state index in [2.05, 4.69) is 40.7 Å². The molecule has 4 rings (SSSR count). The van der Waals surface area contributed by atoms with Crippen LogP contribution in [0.4, 0.5) is 0 Å². The van der Waals surface area contributed by atoms with E-state index < -0.39 is 0 Å². The van der Waals surface area contributed by atoms with Gasteiger partial charge in [0.05, 0.1) is 29.9 Å². The first-order chi connectivity index (χ1) is 11.2. The summed E-state index contributed by atoms with van der Waals surface area (Å²) in [5.74, 6) is 0. The third kappa shape index (κ3) is 2.62. The van der Waals surface area contributed by atoms with Gasteiger partial charge in [-0.3, -0.25) is 4.40 Å². The minimum absolute atomic E-state index is 0.0197. The number of hydrogen-bond acceptors (Lipinski definition) is 4. The number of aromatic nitrogens is 3. The molecule has 1 atom stereocenters. The Hall–Kier alpha value is -2.24. The quantitative estimate of drug-likeness (QED) is 0.791. The molecular formula is C18H20N4O. The molecule has 5 nitrogen and oxygen atoms in total. The van der Waals surface area contributed by atoms with Gasteiger partial charge in [-0.25, -0.2) is 9.97 Å². The van der Waals surface area contributed by atoms with Crippen LogP contribution >= 0.6 is 0 Å². The lowest BCUT2D eigenvalue weighted by Crippen LogP contribution is -2.33. The lowest BCUT2D eigenvalue weighted by atomic mass is 10.1. The number of aryl methyl sites for hydroxylation is 2. The number of hydrogen-bond donors (Lipinski definition) is 1. The van der Waals surface area contributed by atoms with Crippen LogP contribution in [0.2, 0.25) is 0 Å². The van der Waals surface area contributed by atoms with Gasteiger partial charge >= 0.3 is 0 Å². The number of morpholine rings is 1. The Bertz CT molecular complexity index is 849. The van der Waals surface area contributed by atoms with Gasteiger partial charge in [0.1, 0.15) is 11.8 Å². The van der Waals surface area contributed by atoms with E-state index in [9.17, 15) is 0 Å². The maximum atomic E-state index is 5.82. The third-order valence-corrected chi connectivity index (χ3v) is 4.23. The number of nitrogens with one attached hydrogen (secondary N) is 1. The molecule has 1 fully saturated rings. The average molecular weight is 308 g/mol. The van der Waals surface area contributed by atoms with E-state index in [0.717, 1.165) is 48.1 Å². The smallest absolute Gasteiger partial charge is 0.137 e. The molecule has 3 aromatic rings. The minimum Gasteiger partial charge on any atom is -0.369 e. The van der Waals surface area contributed by atoms with Gasteiger partial charge in [-0.2, -0.15) is 0 Å². The summed E-state index contributed by atoms with van der Waals surface area (Å²) >= 11 is 0. The van der Waals surface area contributed by atoms with E-state index in [4.69, 9.17) is 9.72 Å². The van der Waals surface area contributed by atoms with Gasteiger partial charge in [-0.05, 0) is 43.7 Å². The van der Waals surface area contributed by atoms with Gasteiger partial charge in [0.2, 0.25) is 0 Å². The van der Waals surface area contributed by atoms with Crippen LogP contribution in [-0.2, 0) is 4.74 Å². The summed E-state index contributed by atoms with van der Waals surface area (Å²) in [4.78, 5) is 9.36. The number of nitrogens with zero attached hydrogens (tertiary/aromatic N) is 3. The molecule has 0 spiro atoms. The zero-order valence-electron chi connectivity index (χ0n) is 13.4. The fraction of sp³-hybridized carbons (Fsp3) is 0.333. The molecule has 23 heavy (non-hydrogen) atoms. The summed E-state index contributed by atoms with van der Waals surface area (Å²) in [6.07, 6.45) is 1.92. The van der Waals surface area contributed by atoms with Gasteiger partial charge in [0.25, 0.3) is 0 Å². The van der Waals surface area contributed by atoms with E-state index in [0.29, 0.717) is 0 Å². The van der Waals surface area contributed by atoms with Crippen molar-refractivity contribution >= 4 is 5.65 Å². The summed E-state index contributed by atoms with van der Waals surface area (Å²) in [6.45, 7) is 6.63. The van der Waals surface area contributed by atoms with Crippen molar-refractivity contribution in [1.82, 2.24) is 19.7 Å². The van der Waals surface area contributed by atoms with Crippen LogP contribution < -0.4 is 5.32 Å². The first-order valence-corrected chi connectivity index (χ1v) is 7.97. The zero-order chi connectivity index (χ0) is 15.8. The second-order valence-corrected chi connectivity index (χ2v) is 6.02. The first kappa shape index (κ1) is 14.4. The Morgan fingerprint density at radius 1 is 1.26 bits per heavy atom. The highest BCUT2D eigenvalue weighted by Crippen LogP contribution is 2.24. The molecule has 1 unspecified atom stereocenters. The molecule has 0 aliphatic carbocycles. The van der Waals surface area contributed by atoms with Crippen LogP contribution in [-0.4, -0.2) is 34.1 Å². The average Bonchev–Trinajstić information content (AvgIpc) is 3.00. The Balaban J connectivity index is 1.79. The van der Waals surface area contributed by atoms with Crippen molar-refractivity contribution in [3.63, 3.8) is 0 Å². The second kappa shape index (κ2) is 5.76. The van der Waals surface area contributed by atoms with Gasteiger partial charge < -0.3 is 10.1 Å². The van der Waals surface area contributed by atoms with Crippen molar-refractivity contribution < 1.29 is 4.74 Å². The molecular weight excluding hydrogens is 288 g/mol. The molecule has 0 saturated carbocycles. The Morgan fingerprint density at radius 3 is 3.00 bits per heavy atom. The normalized spacial score (nSPS) is 18.4. The maximum absolute atomic E-state index is 5.82. The summed E-state index contributed by atoms with van der Waals surface area (Å²) in [5, 5.41) is 3.35. The van der Waals surface area contributed by atoms with Crippen molar-refractivity contribution in [2.45, 2.75) is 20.0 Å². The number of ether oxygens (including phenoxy) is 1. The fourth-order valence-electron chi connectivity index (χ4n) is 3.19. The van der Waals surface area contributed by atoms with Crippen molar-refractivity contribution in [1.29, 1.82) is 0 Å². The molecule has 1 saturated heterocycles. The third-order valence-electron chi connectivity index (χ3n) is 4.23. The molecule has 0 radical (unpaired) electrons. The molecule has 0 aromatic carbocycles. The number of rotatable bonds is 2. The predicted molar refractivity (Wildman–Crippen MR) is 89.5 cm³/mol. The first-order valence-electron chi connectivity index (χ1n) is 7.97. The van der Waals surface area contributed by atoms with Crippen LogP contribution in [0.25, 0.3) is 17.0 Å². The lowest BCUT2D eigenvalue weighted by Gasteiger charge is -2.23. The lowest BCUT2D eigenvalue weighted by molar-refractivity contribution is 0.0251. The van der Waals surface area contributed by atoms with E-state index in [-0.39, 0.29) is 6.10 Å². The molecule has 1 N–H and O–H groups in total. The summed E-state index contributed by atoms with van der Waals surface area (Å²) < 4.78 is 7.97. The highest BCUT2D eigenvalue weighted by atomic mass is 16.5. The predicted octanol–water partition coefficient (Wildman–Crippen LogP) is 2.67. The van der Waals surface area contributed by atoms with E-state index in [1.807, 2.05) is 24.4 Å². The number of fused-ring (bicyclic) bond motifs is 1. The highest BCUT2D eigenvalue weighted by molar-refractivity contribution is 5.61. The van der Waals surface area contributed by atoms with Crippen molar-refractivity contribution in [2.24, 2.45) is 0 Å². The van der Waals surface area contributed by atoms with Crippen molar-refractivity contribution in [3.8, 4) is 11.4 Å². The van der Waals surface area contributed by atoms with Crippen LogP contribution in [0, 0.1) is 13.8 Å². The number of pyridine rings is 2. The Kier molecular flexibility index (Phi) is 3.59. The molecule has 5 heteroatoms. The topological polar surface area (TPSA) is 51.5 Å². The Morgan fingerprint density at radius 2 is 2.17 bits per heavy atom. The molecule has 1 aliphatic rings. The monoisotopic (exact) mass is 308 g/mol. The standard InChI is InChI=1S/C18H20N4O/c1-12-8-13(2)22-16(10-20-18(22)9-12)14-4-3-5-15(21-14)17-11-19-6-7-23-17/h3-5,8-10,17,19H,6-7,11H2,1-2H3. The summed E-state index contributed by atoms with van der Waals surface area (Å²) in [6, 6.07) is 10.4. The molecule has 3 aromatic heterocycles. The molecule has 1 aliphatic heterocycles. The van der Waals surface area contributed by atoms with E-state index in [1.165, 1.54) is 5.56 Å². The van der Waals surface area contributed by atoms with Gasteiger partial charge in [0.15, 0.2) is 0 Å². The SMILES string of the molecule is Cc1cc(C)n2c(-c3cccc(C4CNCCO4)n3)cnc2c1. The molecule has 4 heterocycles. The summed E-state index contributed by atoms with van der Waals surface area (Å²) in [5.41, 5.74) is 6.25. The van der Waals surface area contributed by atoms with E-state index >= 15 is 0 Å². The summed E-state index contributed by atoms with van der Waals surface area (Å²) in [7, 11) is 0. The zero-order valence-corrected chi connectivity index (χ0v) is 13.4. The highest BCUT2D eigenvalue weighted by Gasteiger charge is 2.18. The largest absolute Gasteiger partial charge is 0.369 e. The van der Waals surface area contributed by atoms with Gasteiger partial charge in [-0.15, -0.1) is 0 Å². The number of imidazole rings is 1. The minimum atomic E-state index is 0.0197. The van der Waals surface area contributed by atoms with Crippen LogP contribution in [0.3, 0.4) is 0 Å². The molecule has 0 amide bonds. The molecule has 118 valence electrons. The van der Waals surface area contributed by atoms with Gasteiger partial charge in [-0.1, -0.05) is 6.07 Å². The Labute approximate surface area is 135 Å². The van der Waals surface area contributed by atoms with Crippen molar-refractivity contribution in [2.75, 3.05) is 19.7 Å². The fourth-order valence-corrected chi connectivity index (χ4v) is 3.19. The van der Waals surface area contributed by atoms with Crippen LogP contribution in [0.5, 0.6) is 0 Å².